The van der Waals surface area contributed by atoms with Gasteiger partial charge < -0.3 is 13.7 Å². The Hall–Kier alpha value is -5.80. The third kappa shape index (κ3) is 3.62. The predicted octanol–water partition coefficient (Wildman–Crippen LogP) is 11.8. The molecule has 0 aliphatic carbocycles. The highest BCUT2D eigenvalue weighted by Gasteiger charge is 2.23. The molecular formula is C40H25NO2. The van der Waals surface area contributed by atoms with Gasteiger partial charge >= 0.3 is 0 Å². The van der Waals surface area contributed by atoms with Gasteiger partial charge in [0.15, 0.2) is 0 Å². The minimum atomic E-state index is 0.867. The van der Waals surface area contributed by atoms with Gasteiger partial charge in [-0.15, -0.1) is 0 Å². The molecule has 202 valence electrons. The first-order valence-electron chi connectivity index (χ1n) is 14.5. The van der Waals surface area contributed by atoms with Gasteiger partial charge in [0.05, 0.1) is 16.8 Å². The van der Waals surface area contributed by atoms with E-state index in [1.54, 1.807) is 0 Å². The number of furan rings is 2. The molecule has 0 unspecified atom stereocenters. The average Bonchev–Trinajstić information content (AvgIpc) is 3.65. The van der Waals surface area contributed by atoms with Gasteiger partial charge in [-0.25, -0.2) is 0 Å². The molecule has 2 heterocycles. The first kappa shape index (κ1) is 23.9. The maximum absolute atomic E-state index is 6.78. The lowest BCUT2D eigenvalue weighted by Gasteiger charge is -2.27. The van der Waals surface area contributed by atoms with Crippen LogP contribution in [0.1, 0.15) is 0 Å². The molecule has 0 amide bonds. The topological polar surface area (TPSA) is 29.5 Å². The van der Waals surface area contributed by atoms with Crippen LogP contribution in [0.3, 0.4) is 0 Å². The Balaban J connectivity index is 1.41. The number of nitrogens with zero attached hydrogens (tertiary/aromatic N) is 1. The minimum Gasteiger partial charge on any atom is -0.456 e. The smallest absolute Gasteiger partial charge is 0.143 e. The molecule has 9 rings (SSSR count). The van der Waals surface area contributed by atoms with Crippen LogP contribution in [0.15, 0.2) is 160 Å². The number of para-hydroxylation sites is 3. The van der Waals surface area contributed by atoms with E-state index in [-0.39, 0.29) is 0 Å². The number of hydrogen-bond acceptors (Lipinski definition) is 3. The molecule has 0 N–H and O–H groups in total. The molecule has 3 heteroatoms. The van der Waals surface area contributed by atoms with Crippen molar-refractivity contribution in [2.75, 3.05) is 4.90 Å². The lowest BCUT2D eigenvalue weighted by molar-refractivity contribution is 0.669. The van der Waals surface area contributed by atoms with Gasteiger partial charge in [0.25, 0.3) is 0 Å². The van der Waals surface area contributed by atoms with Crippen molar-refractivity contribution in [1.29, 1.82) is 0 Å². The van der Waals surface area contributed by atoms with Crippen molar-refractivity contribution in [2.45, 2.75) is 0 Å². The van der Waals surface area contributed by atoms with Crippen LogP contribution in [0.25, 0.3) is 65.8 Å². The Labute approximate surface area is 247 Å². The van der Waals surface area contributed by atoms with E-state index in [1.807, 2.05) is 18.2 Å². The summed E-state index contributed by atoms with van der Waals surface area (Å²) in [7, 11) is 0. The predicted molar refractivity (Wildman–Crippen MR) is 179 cm³/mol. The van der Waals surface area contributed by atoms with Gasteiger partial charge in [-0.05, 0) is 42.0 Å². The van der Waals surface area contributed by atoms with Crippen molar-refractivity contribution in [3.63, 3.8) is 0 Å². The van der Waals surface area contributed by atoms with Crippen LogP contribution in [0, 0.1) is 0 Å². The summed E-state index contributed by atoms with van der Waals surface area (Å²) in [5.41, 5.74) is 9.01. The Bertz CT molecular complexity index is 2450. The molecule has 0 saturated heterocycles. The second-order valence-electron chi connectivity index (χ2n) is 10.9. The average molecular weight is 552 g/mol. The van der Waals surface area contributed by atoms with Crippen molar-refractivity contribution in [2.24, 2.45) is 0 Å². The van der Waals surface area contributed by atoms with Gasteiger partial charge in [-0.2, -0.15) is 0 Å². The summed E-state index contributed by atoms with van der Waals surface area (Å²) in [6.07, 6.45) is 0. The molecule has 0 fully saturated rings. The molecule has 43 heavy (non-hydrogen) atoms. The van der Waals surface area contributed by atoms with E-state index in [1.165, 1.54) is 0 Å². The molecule has 3 nitrogen and oxygen atoms in total. The summed E-state index contributed by atoms with van der Waals surface area (Å²) in [5, 5.41) is 6.57. The van der Waals surface area contributed by atoms with E-state index in [2.05, 4.69) is 138 Å². The zero-order chi connectivity index (χ0) is 28.3. The fraction of sp³-hybridized carbons (Fsp3) is 0. The zero-order valence-corrected chi connectivity index (χ0v) is 23.2. The van der Waals surface area contributed by atoms with Crippen molar-refractivity contribution in [3.8, 4) is 11.1 Å². The van der Waals surface area contributed by atoms with Crippen LogP contribution in [0.2, 0.25) is 0 Å². The van der Waals surface area contributed by atoms with Crippen LogP contribution in [-0.2, 0) is 0 Å². The van der Waals surface area contributed by atoms with E-state index in [4.69, 9.17) is 8.83 Å². The summed E-state index contributed by atoms with van der Waals surface area (Å²) < 4.78 is 13.1. The van der Waals surface area contributed by atoms with Crippen molar-refractivity contribution in [1.82, 2.24) is 0 Å². The largest absolute Gasteiger partial charge is 0.456 e. The zero-order valence-electron chi connectivity index (χ0n) is 23.2. The lowest BCUT2D eigenvalue weighted by atomic mass is 9.99. The Morgan fingerprint density at radius 2 is 1.02 bits per heavy atom. The Kier molecular flexibility index (Phi) is 5.20. The molecule has 0 atom stereocenters. The number of hydrogen-bond donors (Lipinski definition) is 0. The molecule has 2 aromatic heterocycles. The van der Waals surface area contributed by atoms with Crippen molar-refractivity contribution >= 4 is 71.7 Å². The third-order valence-corrected chi connectivity index (χ3v) is 8.44. The highest BCUT2D eigenvalue weighted by Crippen LogP contribution is 2.48. The van der Waals surface area contributed by atoms with Gasteiger partial charge in [-0.1, -0.05) is 115 Å². The van der Waals surface area contributed by atoms with Crippen LogP contribution in [-0.4, -0.2) is 0 Å². The van der Waals surface area contributed by atoms with E-state index < -0.39 is 0 Å². The normalized spacial score (nSPS) is 11.7. The Morgan fingerprint density at radius 3 is 1.86 bits per heavy atom. The number of rotatable bonds is 4. The van der Waals surface area contributed by atoms with Crippen molar-refractivity contribution < 1.29 is 8.83 Å². The molecular weight excluding hydrogens is 526 g/mol. The second kappa shape index (κ2) is 9.37. The molecule has 0 aliphatic rings. The number of fused-ring (bicyclic) bond motifs is 8. The first-order chi connectivity index (χ1) is 21.3. The minimum absolute atomic E-state index is 0.867. The first-order valence-corrected chi connectivity index (χ1v) is 14.5. The van der Waals surface area contributed by atoms with Gasteiger partial charge in [0.1, 0.15) is 22.3 Å². The molecule has 0 aliphatic heterocycles. The quantitative estimate of drug-likeness (QED) is 0.218. The van der Waals surface area contributed by atoms with E-state index in [0.29, 0.717) is 0 Å². The fourth-order valence-corrected chi connectivity index (χ4v) is 6.56. The van der Waals surface area contributed by atoms with E-state index in [9.17, 15) is 0 Å². The molecule has 0 bridgehead atoms. The van der Waals surface area contributed by atoms with Gasteiger partial charge in [0, 0.05) is 38.2 Å². The summed E-state index contributed by atoms with van der Waals surface area (Å²) in [5.74, 6) is 0. The van der Waals surface area contributed by atoms with Gasteiger partial charge in [-0.3, -0.25) is 0 Å². The highest BCUT2D eigenvalue weighted by atomic mass is 16.3. The molecule has 0 saturated carbocycles. The summed E-state index contributed by atoms with van der Waals surface area (Å²) in [4.78, 5) is 2.37. The van der Waals surface area contributed by atoms with Crippen LogP contribution in [0.4, 0.5) is 17.1 Å². The number of anilines is 3. The molecule has 0 radical (unpaired) electrons. The van der Waals surface area contributed by atoms with Crippen LogP contribution >= 0.6 is 0 Å². The second-order valence-corrected chi connectivity index (χ2v) is 10.9. The molecule has 0 spiro atoms. The van der Waals surface area contributed by atoms with Crippen LogP contribution < -0.4 is 4.90 Å². The number of benzene rings is 7. The maximum atomic E-state index is 6.78. The lowest BCUT2D eigenvalue weighted by Crippen LogP contribution is -2.10. The maximum Gasteiger partial charge on any atom is 0.143 e. The molecule has 9 aromatic rings. The van der Waals surface area contributed by atoms with Crippen LogP contribution in [0.5, 0.6) is 0 Å². The third-order valence-electron chi connectivity index (χ3n) is 8.44. The fourth-order valence-electron chi connectivity index (χ4n) is 6.56. The SMILES string of the molecule is c1ccc(-c2cccc3c2oc2c4ccccc4c(N(c4ccccc4)c4cccc5oc6ccccc6c45)cc32)cc1. The molecule has 7 aromatic carbocycles. The van der Waals surface area contributed by atoms with Gasteiger partial charge in [0.2, 0.25) is 0 Å². The summed E-state index contributed by atoms with van der Waals surface area (Å²) >= 11 is 0. The standard InChI is InChI=1S/C40H25NO2/c1-3-13-26(14-4-1)28-20-11-21-31-33-25-35(29-17-7-8-18-30(29)40(33)43-39(28)31)41(27-15-5-2-6-16-27)34-22-12-24-37-38(34)32-19-9-10-23-36(32)42-37/h1-25H. The van der Waals surface area contributed by atoms with E-state index >= 15 is 0 Å². The highest BCUT2D eigenvalue weighted by molar-refractivity contribution is 6.22. The Morgan fingerprint density at radius 1 is 0.395 bits per heavy atom. The summed E-state index contributed by atoms with van der Waals surface area (Å²) in [6.45, 7) is 0. The van der Waals surface area contributed by atoms with Crippen molar-refractivity contribution in [3.05, 3.63) is 152 Å². The summed E-state index contributed by atoms with van der Waals surface area (Å²) in [6, 6.07) is 52.9. The monoisotopic (exact) mass is 551 g/mol. The van der Waals surface area contributed by atoms with E-state index in [0.717, 1.165) is 82.8 Å².